The number of nitriles is 2. The van der Waals surface area contributed by atoms with Crippen molar-refractivity contribution >= 4 is 11.6 Å². The molecule has 0 saturated heterocycles. The van der Waals surface area contributed by atoms with Crippen LogP contribution in [0.4, 0.5) is 0 Å². The smallest absolute Gasteiger partial charge is 0.176 e. The van der Waals surface area contributed by atoms with Crippen LogP contribution in [0.3, 0.4) is 0 Å². The summed E-state index contributed by atoms with van der Waals surface area (Å²) >= 11 is 5.41. The number of rotatable bonds is 1. The van der Waals surface area contributed by atoms with Gasteiger partial charge in [0.1, 0.15) is 18.0 Å². The molecule has 1 aromatic rings. The van der Waals surface area contributed by atoms with E-state index >= 15 is 0 Å². The third-order valence-electron chi connectivity index (χ3n) is 1.10. The van der Waals surface area contributed by atoms with E-state index in [1.54, 1.807) is 12.1 Å². The fraction of sp³-hybridized carbons (Fsp3) is 0.167. The average molecular weight is 167 g/mol. The Morgan fingerprint density at radius 3 is 2.55 bits per heavy atom. The van der Waals surface area contributed by atoms with Gasteiger partial charge >= 0.3 is 0 Å². The number of hydrogen-bond acceptors (Lipinski definition) is 3. The molecular weight excluding hydrogens is 164 g/mol. The lowest BCUT2D eigenvalue weighted by molar-refractivity contribution is 1.10. The Kier molecular flexibility index (Phi) is 2.10. The molecular formula is C6H3ClN4. The van der Waals surface area contributed by atoms with Gasteiger partial charge in [0, 0.05) is 0 Å². The van der Waals surface area contributed by atoms with E-state index in [1.165, 1.54) is 0 Å². The van der Waals surface area contributed by atoms with Gasteiger partial charge in [-0.3, -0.25) is 0 Å². The molecule has 0 fully saturated rings. The number of nitrogens with zero attached hydrogens (tertiary/aromatic N) is 3. The third kappa shape index (κ3) is 1.31. The van der Waals surface area contributed by atoms with E-state index in [0.29, 0.717) is 5.82 Å². The van der Waals surface area contributed by atoms with Crippen molar-refractivity contribution in [3.63, 3.8) is 0 Å². The van der Waals surface area contributed by atoms with Crippen molar-refractivity contribution in [1.82, 2.24) is 9.97 Å². The maximum Gasteiger partial charge on any atom is 0.176 e. The Hall–Kier alpha value is -1.52. The predicted molar refractivity (Wildman–Crippen MR) is 37.6 cm³/mol. The van der Waals surface area contributed by atoms with Crippen molar-refractivity contribution in [2.45, 2.75) is 5.88 Å². The van der Waals surface area contributed by atoms with E-state index < -0.39 is 0 Å². The molecule has 54 valence electrons. The fourth-order valence-electron chi connectivity index (χ4n) is 0.647. The van der Waals surface area contributed by atoms with Crippen LogP contribution in [0, 0.1) is 22.7 Å². The average Bonchev–Trinajstić information content (AvgIpc) is 2.46. The number of halogens is 1. The van der Waals surface area contributed by atoms with Gasteiger partial charge in [0.05, 0.1) is 5.88 Å². The van der Waals surface area contributed by atoms with Gasteiger partial charge in [-0.05, 0) is 0 Å². The molecule has 0 saturated carbocycles. The molecule has 0 aliphatic rings. The van der Waals surface area contributed by atoms with Crippen LogP contribution in [-0.4, -0.2) is 9.97 Å². The molecule has 5 heteroatoms. The van der Waals surface area contributed by atoms with Crippen LogP contribution in [0.15, 0.2) is 0 Å². The summed E-state index contributed by atoms with van der Waals surface area (Å²) in [6, 6.07) is 3.58. The Morgan fingerprint density at radius 2 is 2.18 bits per heavy atom. The summed E-state index contributed by atoms with van der Waals surface area (Å²) in [6.07, 6.45) is 0. The van der Waals surface area contributed by atoms with Crippen LogP contribution in [0.1, 0.15) is 17.2 Å². The number of hydrogen-bond donors (Lipinski definition) is 1. The monoisotopic (exact) mass is 166 g/mol. The summed E-state index contributed by atoms with van der Waals surface area (Å²) in [7, 11) is 0. The Bertz CT molecular complexity index is 309. The Balaban J connectivity index is 3.18. The van der Waals surface area contributed by atoms with Gasteiger partial charge in [-0.2, -0.15) is 10.5 Å². The first kappa shape index (κ1) is 7.59. The van der Waals surface area contributed by atoms with Gasteiger partial charge in [0.2, 0.25) is 0 Å². The highest BCUT2D eigenvalue weighted by Crippen LogP contribution is 2.04. The summed E-state index contributed by atoms with van der Waals surface area (Å²) in [5.74, 6) is 0.621. The molecule has 0 spiro atoms. The van der Waals surface area contributed by atoms with Crippen LogP contribution >= 0.6 is 11.6 Å². The van der Waals surface area contributed by atoms with Crippen molar-refractivity contribution in [3.8, 4) is 12.1 Å². The minimum Gasteiger partial charge on any atom is -0.332 e. The highest BCUT2D eigenvalue weighted by molar-refractivity contribution is 6.16. The van der Waals surface area contributed by atoms with E-state index in [0.717, 1.165) is 0 Å². The maximum atomic E-state index is 8.44. The van der Waals surface area contributed by atoms with E-state index in [9.17, 15) is 0 Å². The minimum atomic E-state index is 0.100. The maximum absolute atomic E-state index is 8.44. The highest BCUT2D eigenvalue weighted by atomic mass is 35.5. The number of H-pyrrole nitrogens is 1. The summed E-state index contributed by atoms with van der Waals surface area (Å²) < 4.78 is 0. The van der Waals surface area contributed by atoms with Gasteiger partial charge in [-0.15, -0.1) is 11.6 Å². The molecule has 1 heterocycles. The molecule has 0 radical (unpaired) electrons. The number of aromatic amines is 1. The molecule has 1 rings (SSSR count). The van der Waals surface area contributed by atoms with Crippen LogP contribution < -0.4 is 0 Å². The van der Waals surface area contributed by atoms with Crippen molar-refractivity contribution < 1.29 is 0 Å². The molecule has 0 amide bonds. The lowest BCUT2D eigenvalue weighted by Gasteiger charge is -1.78. The molecule has 0 bridgehead atoms. The number of imidazole rings is 1. The van der Waals surface area contributed by atoms with Gasteiger partial charge in [0.15, 0.2) is 11.4 Å². The summed E-state index contributed by atoms with van der Waals surface area (Å²) in [6.45, 7) is 0. The lowest BCUT2D eigenvalue weighted by atomic mass is 10.4. The zero-order valence-corrected chi connectivity index (χ0v) is 6.18. The quantitative estimate of drug-likeness (QED) is 0.630. The van der Waals surface area contributed by atoms with Crippen LogP contribution in [0.2, 0.25) is 0 Å². The second-order valence-corrected chi connectivity index (χ2v) is 2.03. The standard InChI is InChI=1S/C6H3ClN4/c7-1-6-10-4(2-8)5(3-9)11-6/h1H2,(H,10,11). The second-order valence-electron chi connectivity index (χ2n) is 1.76. The summed E-state index contributed by atoms with van der Waals surface area (Å²) in [5.41, 5.74) is 0.270. The van der Waals surface area contributed by atoms with Crippen molar-refractivity contribution in [1.29, 1.82) is 10.5 Å². The fourth-order valence-corrected chi connectivity index (χ4v) is 0.774. The number of nitrogens with one attached hydrogen (secondary N) is 1. The molecule has 1 aromatic heterocycles. The molecule has 4 nitrogen and oxygen atoms in total. The summed E-state index contributed by atoms with van der Waals surface area (Å²) in [5, 5.41) is 16.9. The predicted octanol–water partition coefficient (Wildman–Crippen LogP) is 0.892. The Labute approximate surface area is 68.0 Å². The first-order chi connectivity index (χ1) is 5.31. The molecule has 0 aliphatic heterocycles. The SMILES string of the molecule is N#Cc1nc(CCl)[nH]c1C#N. The van der Waals surface area contributed by atoms with Crippen LogP contribution in [0.5, 0.6) is 0 Å². The number of alkyl halides is 1. The Morgan fingerprint density at radius 1 is 1.45 bits per heavy atom. The van der Waals surface area contributed by atoms with E-state index in [-0.39, 0.29) is 17.3 Å². The topological polar surface area (TPSA) is 76.3 Å². The van der Waals surface area contributed by atoms with Gasteiger partial charge in [-0.25, -0.2) is 4.98 Å². The van der Waals surface area contributed by atoms with E-state index in [4.69, 9.17) is 22.1 Å². The molecule has 1 N–H and O–H groups in total. The minimum absolute atomic E-state index is 0.100. The zero-order valence-electron chi connectivity index (χ0n) is 5.43. The van der Waals surface area contributed by atoms with Gasteiger partial charge in [-0.1, -0.05) is 0 Å². The second kappa shape index (κ2) is 3.05. The number of aromatic nitrogens is 2. The van der Waals surface area contributed by atoms with E-state index in [2.05, 4.69) is 9.97 Å². The highest BCUT2D eigenvalue weighted by Gasteiger charge is 2.06. The summed E-state index contributed by atoms with van der Waals surface area (Å²) in [4.78, 5) is 6.35. The first-order valence-electron chi connectivity index (χ1n) is 2.77. The lowest BCUT2D eigenvalue weighted by Crippen LogP contribution is -1.78. The van der Waals surface area contributed by atoms with Crippen molar-refractivity contribution in [2.24, 2.45) is 0 Å². The van der Waals surface area contributed by atoms with Crippen molar-refractivity contribution in [3.05, 3.63) is 17.2 Å². The molecule has 0 atom stereocenters. The largest absolute Gasteiger partial charge is 0.332 e. The van der Waals surface area contributed by atoms with Crippen molar-refractivity contribution in [2.75, 3.05) is 0 Å². The van der Waals surface area contributed by atoms with Gasteiger partial charge in [0.25, 0.3) is 0 Å². The van der Waals surface area contributed by atoms with Gasteiger partial charge < -0.3 is 4.98 Å². The van der Waals surface area contributed by atoms with Crippen LogP contribution in [0.25, 0.3) is 0 Å². The molecule has 11 heavy (non-hydrogen) atoms. The molecule has 0 aromatic carbocycles. The molecule has 0 unspecified atom stereocenters. The molecule has 0 aliphatic carbocycles. The first-order valence-corrected chi connectivity index (χ1v) is 3.30. The van der Waals surface area contributed by atoms with E-state index in [1.807, 2.05) is 0 Å². The third-order valence-corrected chi connectivity index (χ3v) is 1.35. The van der Waals surface area contributed by atoms with Crippen LogP contribution in [-0.2, 0) is 5.88 Å². The normalized spacial score (nSPS) is 8.64. The zero-order chi connectivity index (χ0) is 8.27.